The number of para-hydroxylation sites is 1. The molecule has 1 heterocycles. The summed E-state index contributed by atoms with van der Waals surface area (Å²) in [5.41, 5.74) is 2.20. The van der Waals surface area contributed by atoms with Gasteiger partial charge in [-0.05, 0) is 18.6 Å². The number of benzene rings is 1. The minimum Gasteiger partial charge on any atom is -0.360 e. The van der Waals surface area contributed by atoms with Crippen LogP contribution in [-0.4, -0.2) is 38.1 Å². The van der Waals surface area contributed by atoms with Crippen LogP contribution in [0.25, 0.3) is 0 Å². The summed E-state index contributed by atoms with van der Waals surface area (Å²) in [5.74, 6) is -0.312. The summed E-state index contributed by atoms with van der Waals surface area (Å²) in [5, 5.41) is 8.07. The van der Waals surface area contributed by atoms with Gasteiger partial charge in [0.05, 0.1) is 6.54 Å². The SMILES string of the molecule is CNC(=O)NC(=O)CN1CC(C)NCc2ccccc21. The standard InChI is InChI=1S/C14H20N4O2/c1-10-8-18(9-13(19)17-14(20)15-2)12-6-4-3-5-11(12)7-16-10/h3-6,10,16H,7-9H2,1-2H3,(H2,15,17,19,20). The lowest BCUT2D eigenvalue weighted by molar-refractivity contribution is -0.118. The molecule has 20 heavy (non-hydrogen) atoms. The molecular formula is C14H20N4O2. The van der Waals surface area contributed by atoms with Gasteiger partial charge < -0.3 is 15.5 Å². The number of carbonyl (C=O) groups is 2. The molecule has 0 aliphatic carbocycles. The molecular weight excluding hydrogens is 256 g/mol. The predicted octanol–water partition coefficient (Wildman–Crippen LogP) is 0.440. The Kier molecular flexibility index (Phi) is 4.57. The topological polar surface area (TPSA) is 73.5 Å². The highest BCUT2D eigenvalue weighted by Gasteiger charge is 2.21. The number of hydrogen-bond donors (Lipinski definition) is 3. The van der Waals surface area contributed by atoms with Crippen LogP contribution in [0.4, 0.5) is 10.5 Å². The zero-order valence-corrected chi connectivity index (χ0v) is 11.8. The normalized spacial score (nSPS) is 17.9. The Labute approximate surface area is 118 Å². The van der Waals surface area contributed by atoms with Gasteiger partial charge in [-0.15, -0.1) is 0 Å². The molecule has 0 bridgehead atoms. The summed E-state index contributed by atoms with van der Waals surface area (Å²) in [7, 11) is 1.48. The number of urea groups is 1. The molecule has 0 aromatic heterocycles. The Morgan fingerprint density at radius 3 is 2.90 bits per heavy atom. The van der Waals surface area contributed by atoms with Crippen LogP contribution in [0.1, 0.15) is 12.5 Å². The van der Waals surface area contributed by atoms with Gasteiger partial charge in [0.1, 0.15) is 0 Å². The Hall–Kier alpha value is -2.08. The molecule has 6 nitrogen and oxygen atoms in total. The Morgan fingerprint density at radius 2 is 2.15 bits per heavy atom. The molecule has 1 unspecified atom stereocenters. The lowest BCUT2D eigenvalue weighted by atomic mass is 10.1. The van der Waals surface area contributed by atoms with E-state index in [2.05, 4.69) is 22.9 Å². The zero-order valence-electron chi connectivity index (χ0n) is 11.8. The maximum Gasteiger partial charge on any atom is 0.321 e. The molecule has 0 saturated heterocycles. The number of hydrogen-bond acceptors (Lipinski definition) is 4. The van der Waals surface area contributed by atoms with Crippen molar-refractivity contribution in [3.05, 3.63) is 29.8 Å². The van der Waals surface area contributed by atoms with E-state index >= 15 is 0 Å². The van der Waals surface area contributed by atoms with Crippen LogP contribution < -0.4 is 20.9 Å². The Balaban J connectivity index is 2.13. The Morgan fingerprint density at radius 1 is 1.40 bits per heavy atom. The number of carbonyl (C=O) groups excluding carboxylic acids is 2. The van der Waals surface area contributed by atoms with Crippen molar-refractivity contribution in [1.29, 1.82) is 0 Å². The minimum atomic E-state index is -0.482. The van der Waals surface area contributed by atoms with E-state index in [-0.39, 0.29) is 18.5 Å². The maximum absolute atomic E-state index is 11.9. The zero-order chi connectivity index (χ0) is 14.5. The van der Waals surface area contributed by atoms with Gasteiger partial charge >= 0.3 is 6.03 Å². The van der Waals surface area contributed by atoms with Crippen LogP contribution in [-0.2, 0) is 11.3 Å². The average molecular weight is 276 g/mol. The molecule has 6 heteroatoms. The van der Waals surface area contributed by atoms with Crippen molar-refractivity contribution in [3.8, 4) is 0 Å². The number of fused-ring (bicyclic) bond motifs is 1. The van der Waals surface area contributed by atoms with Gasteiger partial charge in [-0.3, -0.25) is 10.1 Å². The Bertz CT molecular complexity index is 504. The monoisotopic (exact) mass is 276 g/mol. The molecule has 0 radical (unpaired) electrons. The van der Waals surface area contributed by atoms with Crippen LogP contribution in [0, 0.1) is 0 Å². The van der Waals surface area contributed by atoms with Gasteiger partial charge in [0, 0.05) is 31.9 Å². The third-order valence-electron chi connectivity index (χ3n) is 3.28. The van der Waals surface area contributed by atoms with Crippen molar-refractivity contribution < 1.29 is 9.59 Å². The molecule has 2 rings (SSSR count). The number of nitrogens with one attached hydrogen (secondary N) is 3. The average Bonchev–Trinajstić information content (AvgIpc) is 2.59. The largest absolute Gasteiger partial charge is 0.360 e. The van der Waals surface area contributed by atoms with Gasteiger partial charge in [-0.25, -0.2) is 4.79 Å². The third kappa shape index (κ3) is 3.48. The summed E-state index contributed by atoms with van der Waals surface area (Å²) >= 11 is 0. The first-order valence-electron chi connectivity index (χ1n) is 6.68. The molecule has 0 fully saturated rings. The van der Waals surface area contributed by atoms with E-state index in [1.165, 1.54) is 7.05 Å². The molecule has 0 saturated carbocycles. The minimum absolute atomic E-state index is 0.163. The molecule has 3 N–H and O–H groups in total. The van der Waals surface area contributed by atoms with Gasteiger partial charge in [-0.2, -0.15) is 0 Å². The fourth-order valence-corrected chi connectivity index (χ4v) is 2.30. The van der Waals surface area contributed by atoms with Crippen molar-refractivity contribution in [2.24, 2.45) is 0 Å². The van der Waals surface area contributed by atoms with E-state index in [4.69, 9.17) is 0 Å². The maximum atomic E-state index is 11.9. The van der Waals surface area contributed by atoms with Crippen LogP contribution in [0.5, 0.6) is 0 Å². The number of amides is 3. The second-order valence-corrected chi connectivity index (χ2v) is 4.92. The van der Waals surface area contributed by atoms with Crippen molar-refractivity contribution in [3.63, 3.8) is 0 Å². The van der Waals surface area contributed by atoms with Crippen molar-refractivity contribution in [2.75, 3.05) is 25.0 Å². The summed E-state index contributed by atoms with van der Waals surface area (Å²) in [4.78, 5) is 25.0. The van der Waals surface area contributed by atoms with Crippen LogP contribution in [0.15, 0.2) is 24.3 Å². The molecule has 1 aliphatic rings. The third-order valence-corrected chi connectivity index (χ3v) is 3.28. The van der Waals surface area contributed by atoms with Crippen molar-refractivity contribution >= 4 is 17.6 Å². The highest BCUT2D eigenvalue weighted by atomic mass is 16.2. The smallest absolute Gasteiger partial charge is 0.321 e. The number of rotatable bonds is 2. The first-order chi connectivity index (χ1) is 9.60. The fourth-order valence-electron chi connectivity index (χ4n) is 2.30. The second-order valence-electron chi connectivity index (χ2n) is 4.92. The summed E-state index contributed by atoms with van der Waals surface area (Å²) < 4.78 is 0. The highest BCUT2D eigenvalue weighted by molar-refractivity contribution is 5.96. The van der Waals surface area contributed by atoms with Crippen LogP contribution in [0.3, 0.4) is 0 Å². The lowest BCUT2D eigenvalue weighted by Gasteiger charge is -2.25. The molecule has 1 aliphatic heterocycles. The van der Waals surface area contributed by atoms with Gasteiger partial charge in [0.2, 0.25) is 5.91 Å². The summed E-state index contributed by atoms with van der Waals surface area (Å²) in [6, 6.07) is 7.78. The fraction of sp³-hybridized carbons (Fsp3) is 0.429. The number of imide groups is 1. The number of anilines is 1. The molecule has 108 valence electrons. The van der Waals surface area contributed by atoms with E-state index in [0.717, 1.165) is 24.3 Å². The van der Waals surface area contributed by atoms with E-state index in [0.29, 0.717) is 0 Å². The highest BCUT2D eigenvalue weighted by Crippen LogP contribution is 2.22. The van der Waals surface area contributed by atoms with E-state index in [9.17, 15) is 9.59 Å². The molecule has 3 amide bonds. The number of nitrogens with zero attached hydrogens (tertiary/aromatic N) is 1. The molecule has 1 atom stereocenters. The summed E-state index contributed by atoms with van der Waals surface area (Å²) in [6.07, 6.45) is 0. The van der Waals surface area contributed by atoms with E-state index < -0.39 is 6.03 Å². The molecule has 0 spiro atoms. The first-order valence-corrected chi connectivity index (χ1v) is 6.68. The van der Waals surface area contributed by atoms with E-state index in [1.54, 1.807) is 0 Å². The lowest BCUT2D eigenvalue weighted by Crippen LogP contribution is -2.45. The van der Waals surface area contributed by atoms with Crippen molar-refractivity contribution in [1.82, 2.24) is 16.0 Å². The van der Waals surface area contributed by atoms with Crippen LogP contribution in [0.2, 0.25) is 0 Å². The molecule has 1 aromatic carbocycles. The van der Waals surface area contributed by atoms with Crippen LogP contribution >= 0.6 is 0 Å². The van der Waals surface area contributed by atoms with Gasteiger partial charge in [-0.1, -0.05) is 18.2 Å². The molecule has 1 aromatic rings. The predicted molar refractivity (Wildman–Crippen MR) is 77.6 cm³/mol. The quantitative estimate of drug-likeness (QED) is 0.733. The van der Waals surface area contributed by atoms with Gasteiger partial charge in [0.25, 0.3) is 0 Å². The first kappa shape index (κ1) is 14.3. The second kappa shape index (κ2) is 6.38. The van der Waals surface area contributed by atoms with Crippen molar-refractivity contribution in [2.45, 2.75) is 19.5 Å². The van der Waals surface area contributed by atoms with E-state index in [1.807, 2.05) is 29.2 Å². The summed E-state index contributed by atoms with van der Waals surface area (Å²) in [6.45, 7) is 3.75. The van der Waals surface area contributed by atoms with Gasteiger partial charge in [0.15, 0.2) is 0 Å².